The summed E-state index contributed by atoms with van der Waals surface area (Å²) in [6, 6.07) is 4.00. The largest absolute Gasteiger partial charge is 0.417 e. The van der Waals surface area contributed by atoms with Crippen LogP contribution in [0.2, 0.25) is 0 Å². The van der Waals surface area contributed by atoms with Gasteiger partial charge in [-0.25, -0.2) is 8.42 Å². The molecule has 1 aromatic rings. The standard InChI is InChI=1S/C12H15F3N2O2S/c13-12(14,15)10-3-1-2-4-11(10)20(18,19)17(8-7-16)9-5-6-9/h1-4,9H,5-8,16H2. The first-order valence-electron chi connectivity index (χ1n) is 6.16. The molecule has 112 valence electrons. The van der Waals surface area contributed by atoms with E-state index in [1.165, 1.54) is 12.1 Å². The van der Waals surface area contributed by atoms with Crippen molar-refractivity contribution < 1.29 is 21.6 Å². The van der Waals surface area contributed by atoms with Crippen molar-refractivity contribution in [3.8, 4) is 0 Å². The van der Waals surface area contributed by atoms with E-state index in [2.05, 4.69) is 0 Å². The highest BCUT2D eigenvalue weighted by Gasteiger charge is 2.42. The van der Waals surface area contributed by atoms with Crippen LogP contribution in [0.5, 0.6) is 0 Å². The lowest BCUT2D eigenvalue weighted by Gasteiger charge is -2.23. The van der Waals surface area contributed by atoms with Gasteiger partial charge in [0, 0.05) is 19.1 Å². The zero-order chi connectivity index (χ0) is 15.0. The molecule has 1 aliphatic carbocycles. The van der Waals surface area contributed by atoms with Crippen molar-refractivity contribution in [2.24, 2.45) is 5.73 Å². The number of benzene rings is 1. The van der Waals surface area contributed by atoms with Gasteiger partial charge < -0.3 is 5.73 Å². The second kappa shape index (κ2) is 5.34. The lowest BCUT2D eigenvalue weighted by molar-refractivity contribution is -0.139. The van der Waals surface area contributed by atoms with Crippen LogP contribution in [-0.4, -0.2) is 31.9 Å². The molecule has 1 fully saturated rings. The van der Waals surface area contributed by atoms with Gasteiger partial charge in [-0.1, -0.05) is 12.1 Å². The number of hydrogen-bond acceptors (Lipinski definition) is 3. The molecule has 2 N–H and O–H groups in total. The van der Waals surface area contributed by atoms with E-state index >= 15 is 0 Å². The molecule has 0 radical (unpaired) electrons. The van der Waals surface area contributed by atoms with E-state index in [4.69, 9.17) is 5.73 Å². The molecule has 0 saturated heterocycles. The van der Waals surface area contributed by atoms with Crippen LogP contribution in [0.3, 0.4) is 0 Å². The zero-order valence-corrected chi connectivity index (χ0v) is 11.4. The molecular formula is C12H15F3N2O2S. The highest BCUT2D eigenvalue weighted by molar-refractivity contribution is 7.89. The normalized spacial score (nSPS) is 16.6. The van der Waals surface area contributed by atoms with E-state index in [1.54, 1.807) is 0 Å². The quantitative estimate of drug-likeness (QED) is 0.902. The summed E-state index contributed by atoms with van der Waals surface area (Å²) in [7, 11) is -4.18. The van der Waals surface area contributed by atoms with E-state index < -0.39 is 26.7 Å². The van der Waals surface area contributed by atoms with Gasteiger partial charge in [-0.2, -0.15) is 17.5 Å². The van der Waals surface area contributed by atoms with E-state index in [1.807, 2.05) is 0 Å². The van der Waals surface area contributed by atoms with Gasteiger partial charge in [0.1, 0.15) is 0 Å². The third-order valence-corrected chi connectivity index (χ3v) is 5.09. The van der Waals surface area contributed by atoms with Gasteiger partial charge in [0.25, 0.3) is 0 Å². The predicted octanol–water partition coefficient (Wildman–Crippen LogP) is 1.82. The van der Waals surface area contributed by atoms with Crippen LogP contribution in [0.1, 0.15) is 18.4 Å². The van der Waals surface area contributed by atoms with E-state index in [-0.39, 0.29) is 19.1 Å². The first-order chi connectivity index (χ1) is 9.28. The van der Waals surface area contributed by atoms with Crippen LogP contribution in [0.4, 0.5) is 13.2 Å². The van der Waals surface area contributed by atoms with Crippen molar-refractivity contribution in [2.75, 3.05) is 13.1 Å². The van der Waals surface area contributed by atoms with E-state index in [0.29, 0.717) is 12.8 Å². The first kappa shape index (κ1) is 15.3. The summed E-state index contributed by atoms with van der Waals surface area (Å²) in [6.07, 6.45) is -3.39. The first-order valence-corrected chi connectivity index (χ1v) is 7.60. The van der Waals surface area contributed by atoms with Gasteiger partial charge in [0.15, 0.2) is 0 Å². The summed E-state index contributed by atoms with van der Waals surface area (Å²) in [6.45, 7) is 0.100. The number of halogens is 3. The minimum atomic E-state index is -4.71. The third-order valence-electron chi connectivity index (χ3n) is 3.08. The van der Waals surface area contributed by atoms with Gasteiger partial charge in [0.05, 0.1) is 10.5 Å². The number of nitrogens with two attached hydrogens (primary N) is 1. The van der Waals surface area contributed by atoms with Crippen molar-refractivity contribution in [1.82, 2.24) is 4.31 Å². The maximum absolute atomic E-state index is 12.9. The van der Waals surface area contributed by atoms with Gasteiger partial charge in [-0.05, 0) is 25.0 Å². The fourth-order valence-corrected chi connectivity index (χ4v) is 3.95. The summed E-state index contributed by atoms with van der Waals surface area (Å²) in [5.74, 6) is 0. The van der Waals surface area contributed by atoms with E-state index in [9.17, 15) is 21.6 Å². The second-order valence-electron chi connectivity index (χ2n) is 4.63. The number of nitrogens with zero attached hydrogens (tertiary/aromatic N) is 1. The minimum Gasteiger partial charge on any atom is -0.329 e. The Kier molecular flexibility index (Phi) is 4.08. The summed E-state index contributed by atoms with van der Waals surface area (Å²) in [4.78, 5) is -0.701. The van der Waals surface area contributed by atoms with Crippen molar-refractivity contribution in [1.29, 1.82) is 0 Å². The molecule has 8 heteroatoms. The molecular weight excluding hydrogens is 293 g/mol. The summed E-state index contributed by atoms with van der Waals surface area (Å²) >= 11 is 0. The second-order valence-corrected chi connectivity index (χ2v) is 6.49. The maximum atomic E-state index is 12.9. The highest BCUT2D eigenvalue weighted by atomic mass is 32.2. The van der Waals surface area contributed by atoms with Crippen LogP contribution in [0.15, 0.2) is 29.2 Å². The fourth-order valence-electron chi connectivity index (χ4n) is 2.04. The topological polar surface area (TPSA) is 63.4 Å². The van der Waals surface area contributed by atoms with Gasteiger partial charge in [-0.15, -0.1) is 0 Å². The van der Waals surface area contributed by atoms with Crippen LogP contribution < -0.4 is 5.73 Å². The SMILES string of the molecule is NCCN(C1CC1)S(=O)(=O)c1ccccc1C(F)(F)F. The Labute approximate surface area is 115 Å². The molecule has 2 rings (SSSR count). The van der Waals surface area contributed by atoms with Gasteiger partial charge in [-0.3, -0.25) is 0 Å². The summed E-state index contributed by atoms with van der Waals surface area (Å²) in [5, 5.41) is 0. The Morgan fingerprint density at radius 3 is 2.35 bits per heavy atom. The van der Waals surface area contributed by atoms with Crippen molar-refractivity contribution >= 4 is 10.0 Å². The molecule has 1 saturated carbocycles. The molecule has 0 atom stereocenters. The lowest BCUT2D eigenvalue weighted by atomic mass is 10.2. The molecule has 0 amide bonds. The number of hydrogen-bond donors (Lipinski definition) is 1. The molecule has 0 bridgehead atoms. The maximum Gasteiger partial charge on any atom is 0.417 e. The smallest absolute Gasteiger partial charge is 0.329 e. The molecule has 0 aliphatic heterocycles. The summed E-state index contributed by atoms with van der Waals surface area (Å²) < 4.78 is 64.8. The monoisotopic (exact) mass is 308 g/mol. The van der Waals surface area contributed by atoms with Crippen LogP contribution in [0.25, 0.3) is 0 Å². The Morgan fingerprint density at radius 2 is 1.85 bits per heavy atom. The molecule has 0 spiro atoms. The van der Waals surface area contributed by atoms with Crippen molar-refractivity contribution in [3.05, 3.63) is 29.8 Å². The third kappa shape index (κ3) is 2.97. The van der Waals surface area contributed by atoms with Gasteiger partial charge in [0.2, 0.25) is 10.0 Å². The molecule has 0 heterocycles. The number of sulfonamides is 1. The lowest BCUT2D eigenvalue weighted by Crippen LogP contribution is -2.38. The van der Waals surface area contributed by atoms with Crippen molar-refractivity contribution in [2.45, 2.75) is 30.0 Å². The molecule has 1 aromatic carbocycles. The average Bonchev–Trinajstić information content (AvgIpc) is 3.19. The Bertz CT molecular complexity index is 583. The van der Waals surface area contributed by atoms with Gasteiger partial charge >= 0.3 is 6.18 Å². The fraction of sp³-hybridized carbons (Fsp3) is 0.500. The number of rotatable bonds is 5. The van der Waals surface area contributed by atoms with Crippen LogP contribution in [-0.2, 0) is 16.2 Å². The Hall–Kier alpha value is -1.12. The molecule has 0 aromatic heterocycles. The zero-order valence-electron chi connectivity index (χ0n) is 10.6. The van der Waals surface area contributed by atoms with Crippen molar-refractivity contribution in [3.63, 3.8) is 0 Å². The molecule has 0 unspecified atom stereocenters. The van der Waals surface area contributed by atoms with Crippen LogP contribution >= 0.6 is 0 Å². The van der Waals surface area contributed by atoms with E-state index in [0.717, 1.165) is 16.4 Å². The predicted molar refractivity (Wildman–Crippen MR) is 67.4 cm³/mol. The Balaban J connectivity index is 2.48. The average molecular weight is 308 g/mol. The minimum absolute atomic E-state index is 0.0270. The highest BCUT2D eigenvalue weighted by Crippen LogP contribution is 2.38. The Morgan fingerprint density at radius 1 is 1.25 bits per heavy atom. The molecule has 4 nitrogen and oxygen atoms in total. The summed E-state index contributed by atoms with van der Waals surface area (Å²) in [5.41, 5.74) is 4.23. The molecule has 1 aliphatic rings. The molecule has 20 heavy (non-hydrogen) atoms. The van der Waals surface area contributed by atoms with Crippen LogP contribution in [0, 0.1) is 0 Å². The number of alkyl halides is 3.